The molecule has 0 amide bonds. The van der Waals surface area contributed by atoms with E-state index in [-0.39, 0.29) is 0 Å². The molecule has 0 radical (unpaired) electrons. The summed E-state index contributed by atoms with van der Waals surface area (Å²) >= 11 is 0. The molecule has 1 rings (SSSR count). The molecule has 1 aromatic carbocycles. The van der Waals surface area contributed by atoms with E-state index in [0.29, 0.717) is 0 Å². The van der Waals surface area contributed by atoms with Crippen molar-refractivity contribution in [2.75, 3.05) is 12.8 Å². The van der Waals surface area contributed by atoms with Gasteiger partial charge in [-0.25, -0.2) is 13.6 Å². The summed E-state index contributed by atoms with van der Waals surface area (Å²) in [7, 11) is 0.956. The smallest absolute Gasteiger partial charge is 0.341 e. The Balaban J connectivity index is 3.68. The number of nitrogens with two attached hydrogens (primary N) is 1. The van der Waals surface area contributed by atoms with Gasteiger partial charge in [0, 0.05) is 0 Å². The summed E-state index contributed by atoms with van der Waals surface area (Å²) in [6, 6.07) is 0. The number of anilines is 1. The first-order valence-electron chi connectivity index (χ1n) is 3.65. The molecular formula is C8H6F3NO3. The molecule has 0 fully saturated rings. The minimum absolute atomic E-state index is 0.790. The van der Waals surface area contributed by atoms with E-state index in [1.54, 1.807) is 0 Å². The van der Waals surface area contributed by atoms with Crippen molar-refractivity contribution in [3.63, 3.8) is 0 Å². The Labute approximate surface area is 82.1 Å². The zero-order valence-corrected chi connectivity index (χ0v) is 7.47. The summed E-state index contributed by atoms with van der Waals surface area (Å²) < 4.78 is 43.1. The molecule has 0 aliphatic heterocycles. The largest absolute Gasteiger partial charge is 0.491 e. The summed E-state index contributed by atoms with van der Waals surface area (Å²) in [4.78, 5) is 10.5. The molecule has 0 atom stereocenters. The van der Waals surface area contributed by atoms with Crippen molar-refractivity contribution < 1.29 is 27.8 Å². The van der Waals surface area contributed by atoms with Crippen LogP contribution in [0.4, 0.5) is 18.9 Å². The second-order valence-electron chi connectivity index (χ2n) is 2.57. The van der Waals surface area contributed by atoms with Crippen LogP contribution in [0.15, 0.2) is 0 Å². The van der Waals surface area contributed by atoms with Crippen LogP contribution in [0, 0.1) is 17.5 Å². The van der Waals surface area contributed by atoms with Gasteiger partial charge in [0.05, 0.1) is 12.8 Å². The highest BCUT2D eigenvalue weighted by Gasteiger charge is 2.27. The Bertz CT molecular complexity index is 434. The molecule has 1 aromatic rings. The Kier molecular flexibility index (Phi) is 2.74. The highest BCUT2D eigenvalue weighted by atomic mass is 19.2. The van der Waals surface area contributed by atoms with Gasteiger partial charge in [-0.15, -0.1) is 0 Å². The van der Waals surface area contributed by atoms with E-state index in [2.05, 4.69) is 4.74 Å². The number of carboxylic acids is 1. The number of hydrogen-bond acceptors (Lipinski definition) is 3. The average molecular weight is 221 g/mol. The van der Waals surface area contributed by atoms with Crippen molar-refractivity contribution in [3.8, 4) is 5.75 Å². The first-order chi connectivity index (χ1) is 6.91. The van der Waals surface area contributed by atoms with Crippen molar-refractivity contribution in [1.82, 2.24) is 0 Å². The van der Waals surface area contributed by atoms with Gasteiger partial charge in [-0.1, -0.05) is 0 Å². The zero-order valence-electron chi connectivity index (χ0n) is 7.47. The maximum Gasteiger partial charge on any atom is 0.341 e. The number of ether oxygens (including phenoxy) is 1. The maximum atomic E-state index is 13.0. The molecule has 0 spiro atoms. The van der Waals surface area contributed by atoms with Crippen LogP contribution in [-0.4, -0.2) is 18.2 Å². The average Bonchev–Trinajstić information content (AvgIpc) is 2.15. The molecule has 3 N–H and O–H groups in total. The summed E-state index contributed by atoms with van der Waals surface area (Å²) in [5, 5.41) is 8.52. The van der Waals surface area contributed by atoms with E-state index in [1.165, 1.54) is 0 Å². The van der Waals surface area contributed by atoms with E-state index in [4.69, 9.17) is 10.8 Å². The van der Waals surface area contributed by atoms with E-state index >= 15 is 0 Å². The quantitative estimate of drug-likeness (QED) is 0.584. The molecule has 0 saturated carbocycles. The van der Waals surface area contributed by atoms with Gasteiger partial charge < -0.3 is 15.6 Å². The van der Waals surface area contributed by atoms with Gasteiger partial charge in [-0.05, 0) is 0 Å². The molecule has 0 heterocycles. The van der Waals surface area contributed by atoms with Crippen LogP contribution in [0.25, 0.3) is 0 Å². The third-order valence-electron chi connectivity index (χ3n) is 1.74. The third-order valence-corrected chi connectivity index (χ3v) is 1.74. The lowest BCUT2D eigenvalue weighted by Crippen LogP contribution is -2.11. The number of hydrogen-bond donors (Lipinski definition) is 2. The van der Waals surface area contributed by atoms with Gasteiger partial charge >= 0.3 is 5.97 Å². The number of methoxy groups -OCH3 is 1. The summed E-state index contributed by atoms with van der Waals surface area (Å²) in [5.74, 6) is -8.07. The molecule has 82 valence electrons. The highest BCUT2D eigenvalue weighted by Crippen LogP contribution is 2.33. The van der Waals surface area contributed by atoms with Crippen LogP contribution >= 0.6 is 0 Å². The van der Waals surface area contributed by atoms with Crippen molar-refractivity contribution in [3.05, 3.63) is 23.0 Å². The van der Waals surface area contributed by atoms with E-state index < -0.39 is 40.4 Å². The van der Waals surface area contributed by atoms with Crippen LogP contribution in [0.3, 0.4) is 0 Å². The first-order valence-corrected chi connectivity index (χ1v) is 3.65. The number of carbonyl (C=O) groups is 1. The second-order valence-corrected chi connectivity index (χ2v) is 2.57. The number of carboxylic acid groups (broad SMARTS) is 1. The molecule has 15 heavy (non-hydrogen) atoms. The monoisotopic (exact) mass is 221 g/mol. The minimum atomic E-state index is -1.93. The minimum Gasteiger partial charge on any atom is -0.491 e. The Morgan fingerprint density at radius 2 is 1.80 bits per heavy atom. The predicted octanol–water partition coefficient (Wildman–Crippen LogP) is 1.39. The molecule has 0 bridgehead atoms. The lowest BCUT2D eigenvalue weighted by atomic mass is 10.1. The molecule has 0 unspecified atom stereocenters. The van der Waals surface area contributed by atoms with Gasteiger partial charge in [-0.2, -0.15) is 4.39 Å². The molecule has 0 aliphatic rings. The Hall–Kier alpha value is -1.92. The van der Waals surface area contributed by atoms with E-state index in [9.17, 15) is 18.0 Å². The third kappa shape index (κ3) is 1.56. The van der Waals surface area contributed by atoms with Crippen LogP contribution in [0.2, 0.25) is 0 Å². The van der Waals surface area contributed by atoms with Crippen molar-refractivity contribution in [1.29, 1.82) is 0 Å². The van der Waals surface area contributed by atoms with Gasteiger partial charge in [0.1, 0.15) is 5.56 Å². The highest BCUT2D eigenvalue weighted by molar-refractivity contribution is 5.95. The molecule has 0 saturated heterocycles. The fraction of sp³-hybridized carbons (Fsp3) is 0.125. The fourth-order valence-corrected chi connectivity index (χ4v) is 1.06. The SMILES string of the molecule is COc1c(N)c(C(=O)O)c(F)c(F)c1F. The number of benzene rings is 1. The van der Waals surface area contributed by atoms with Crippen LogP contribution in [-0.2, 0) is 0 Å². The molecular weight excluding hydrogens is 215 g/mol. The number of aromatic carboxylic acids is 1. The molecule has 0 aliphatic carbocycles. The standard InChI is InChI=1S/C8H6F3NO3/c1-15-7-5(11)4(10)3(9)2(6(7)12)8(13)14/h12H2,1H3,(H,13,14). The maximum absolute atomic E-state index is 13.0. The molecule has 4 nitrogen and oxygen atoms in total. The van der Waals surface area contributed by atoms with Crippen molar-refractivity contribution in [2.45, 2.75) is 0 Å². The molecule has 7 heteroatoms. The normalized spacial score (nSPS) is 10.1. The fourth-order valence-electron chi connectivity index (χ4n) is 1.06. The number of halogens is 3. The van der Waals surface area contributed by atoms with Gasteiger partial charge in [0.25, 0.3) is 0 Å². The van der Waals surface area contributed by atoms with E-state index in [1.807, 2.05) is 0 Å². The summed E-state index contributed by atoms with van der Waals surface area (Å²) in [5.41, 5.74) is 3.18. The zero-order chi connectivity index (χ0) is 11.7. The van der Waals surface area contributed by atoms with E-state index in [0.717, 1.165) is 7.11 Å². The topological polar surface area (TPSA) is 72.5 Å². The second kappa shape index (κ2) is 3.68. The Morgan fingerprint density at radius 3 is 2.20 bits per heavy atom. The van der Waals surface area contributed by atoms with Crippen LogP contribution in [0.5, 0.6) is 5.75 Å². The predicted molar refractivity (Wildman–Crippen MR) is 44.2 cm³/mol. The van der Waals surface area contributed by atoms with Gasteiger partial charge in [-0.3, -0.25) is 0 Å². The van der Waals surface area contributed by atoms with Gasteiger partial charge in [0.15, 0.2) is 17.4 Å². The lowest BCUT2D eigenvalue weighted by Gasteiger charge is -2.10. The first kappa shape index (κ1) is 11.2. The van der Waals surface area contributed by atoms with Gasteiger partial charge in [0.2, 0.25) is 5.82 Å². The van der Waals surface area contributed by atoms with Crippen LogP contribution in [0.1, 0.15) is 10.4 Å². The number of rotatable bonds is 2. The number of nitrogen functional groups attached to an aromatic ring is 1. The molecule has 0 aromatic heterocycles. The summed E-state index contributed by atoms with van der Waals surface area (Å²) in [6.07, 6.45) is 0. The van der Waals surface area contributed by atoms with Crippen molar-refractivity contribution >= 4 is 11.7 Å². The lowest BCUT2D eigenvalue weighted by molar-refractivity contribution is 0.0691. The van der Waals surface area contributed by atoms with Crippen molar-refractivity contribution in [2.24, 2.45) is 0 Å². The Morgan fingerprint density at radius 1 is 1.27 bits per heavy atom. The van der Waals surface area contributed by atoms with Crippen LogP contribution < -0.4 is 10.5 Å². The summed E-state index contributed by atoms with van der Waals surface area (Å²) in [6.45, 7) is 0.